The number of nitrogens with zero attached hydrogens (tertiary/aromatic N) is 3. The fourth-order valence-electron chi connectivity index (χ4n) is 3.45. The zero-order valence-electron chi connectivity index (χ0n) is 11.3. The first-order valence-corrected chi connectivity index (χ1v) is 7.24. The van der Waals surface area contributed by atoms with Crippen molar-refractivity contribution in [2.75, 3.05) is 0 Å². The molecule has 2 aliphatic rings. The molecule has 2 fully saturated rings. The van der Waals surface area contributed by atoms with Gasteiger partial charge in [-0.2, -0.15) is 10.4 Å². The van der Waals surface area contributed by atoms with Crippen molar-refractivity contribution < 1.29 is 4.74 Å². The number of hydrogen-bond acceptors (Lipinski definition) is 3. The Kier molecular flexibility index (Phi) is 3.07. The molecule has 0 saturated carbocycles. The van der Waals surface area contributed by atoms with Gasteiger partial charge in [-0.15, -0.1) is 0 Å². The summed E-state index contributed by atoms with van der Waals surface area (Å²) in [6.07, 6.45) is 4.71. The lowest BCUT2D eigenvalue weighted by atomic mass is 9.72. The van der Waals surface area contributed by atoms with E-state index in [1.807, 2.05) is 18.7 Å². The topological polar surface area (TPSA) is 50.8 Å². The Morgan fingerprint density at radius 1 is 1.58 bits per heavy atom. The number of ether oxygens (including phenoxy) is 1. The Labute approximate surface area is 118 Å². The van der Waals surface area contributed by atoms with E-state index in [0.717, 1.165) is 42.1 Å². The highest BCUT2D eigenvalue weighted by atomic mass is 35.5. The van der Waals surface area contributed by atoms with Gasteiger partial charge in [0, 0.05) is 13.5 Å². The number of fused-ring (bicyclic) bond motifs is 2. The predicted molar refractivity (Wildman–Crippen MR) is 71.9 cm³/mol. The van der Waals surface area contributed by atoms with Crippen LogP contribution in [0.4, 0.5) is 0 Å². The third kappa shape index (κ3) is 1.87. The minimum absolute atomic E-state index is 0.0681. The van der Waals surface area contributed by atoms with E-state index in [4.69, 9.17) is 16.3 Å². The maximum absolute atomic E-state index is 9.64. The lowest BCUT2D eigenvalue weighted by Gasteiger charge is -2.28. The molecule has 2 bridgehead atoms. The van der Waals surface area contributed by atoms with Gasteiger partial charge in [0.15, 0.2) is 0 Å². The Morgan fingerprint density at radius 2 is 2.37 bits per heavy atom. The van der Waals surface area contributed by atoms with Crippen molar-refractivity contribution in [1.82, 2.24) is 9.78 Å². The highest BCUT2D eigenvalue weighted by molar-refractivity contribution is 6.31. The van der Waals surface area contributed by atoms with E-state index in [1.54, 1.807) is 0 Å². The van der Waals surface area contributed by atoms with Crippen LogP contribution in [0.2, 0.25) is 5.02 Å². The average molecular weight is 280 g/mol. The molecule has 0 aromatic carbocycles. The molecule has 102 valence electrons. The van der Waals surface area contributed by atoms with Crippen molar-refractivity contribution in [3.05, 3.63) is 16.4 Å². The smallest absolute Gasteiger partial charge is 0.0915 e. The third-order valence-corrected chi connectivity index (χ3v) is 4.96. The molecule has 3 unspecified atom stereocenters. The predicted octanol–water partition coefficient (Wildman–Crippen LogP) is 2.64. The lowest BCUT2D eigenvalue weighted by Crippen LogP contribution is -2.34. The number of rotatable bonds is 3. The first-order chi connectivity index (χ1) is 9.09. The largest absolute Gasteiger partial charge is 0.373 e. The van der Waals surface area contributed by atoms with Gasteiger partial charge in [0.25, 0.3) is 0 Å². The van der Waals surface area contributed by atoms with Crippen LogP contribution in [0, 0.1) is 16.7 Å². The van der Waals surface area contributed by atoms with Crippen LogP contribution in [0.25, 0.3) is 0 Å². The standard InChI is InChI=1S/C14H18ClN3O/c1-3-10-13(15)11(18(2)17-10)7-14(8-16)6-9-4-5-12(14)19-9/h9,12H,3-7H2,1-2H3. The Bertz CT molecular complexity index is 548. The number of nitriles is 1. The Balaban J connectivity index is 1.93. The molecule has 3 heterocycles. The molecular weight excluding hydrogens is 262 g/mol. The molecule has 2 saturated heterocycles. The molecule has 0 radical (unpaired) electrons. The number of aromatic nitrogens is 2. The summed E-state index contributed by atoms with van der Waals surface area (Å²) < 4.78 is 7.69. The second-order valence-corrected chi connectivity index (χ2v) is 6.04. The van der Waals surface area contributed by atoms with Crippen LogP contribution in [0.5, 0.6) is 0 Å². The molecule has 5 heteroatoms. The van der Waals surface area contributed by atoms with Gasteiger partial charge in [0.1, 0.15) is 0 Å². The van der Waals surface area contributed by atoms with Gasteiger partial charge in [-0.3, -0.25) is 4.68 Å². The molecule has 0 aliphatic carbocycles. The zero-order valence-corrected chi connectivity index (χ0v) is 12.1. The molecule has 0 amide bonds. The Morgan fingerprint density at radius 3 is 2.84 bits per heavy atom. The summed E-state index contributed by atoms with van der Waals surface area (Å²) in [5.41, 5.74) is 1.47. The van der Waals surface area contributed by atoms with E-state index in [1.165, 1.54) is 0 Å². The molecule has 2 aliphatic heterocycles. The molecule has 3 rings (SSSR count). The average Bonchev–Trinajstić information content (AvgIpc) is 3.07. The number of hydrogen-bond donors (Lipinski definition) is 0. The molecule has 19 heavy (non-hydrogen) atoms. The molecule has 0 N–H and O–H groups in total. The third-order valence-electron chi connectivity index (χ3n) is 4.52. The fourth-order valence-corrected chi connectivity index (χ4v) is 3.81. The second kappa shape index (κ2) is 4.50. The van der Waals surface area contributed by atoms with Crippen molar-refractivity contribution in [1.29, 1.82) is 5.26 Å². The monoisotopic (exact) mass is 279 g/mol. The second-order valence-electron chi connectivity index (χ2n) is 5.66. The van der Waals surface area contributed by atoms with Gasteiger partial charge >= 0.3 is 0 Å². The highest BCUT2D eigenvalue weighted by Crippen LogP contribution is 2.49. The van der Waals surface area contributed by atoms with E-state index in [-0.39, 0.29) is 12.2 Å². The van der Waals surface area contributed by atoms with Crippen LogP contribution in [-0.2, 0) is 24.6 Å². The fraction of sp³-hybridized carbons (Fsp3) is 0.714. The normalized spacial score (nSPS) is 32.7. The van der Waals surface area contributed by atoms with Gasteiger partial charge in [0.2, 0.25) is 0 Å². The van der Waals surface area contributed by atoms with Crippen LogP contribution >= 0.6 is 11.6 Å². The van der Waals surface area contributed by atoms with E-state index >= 15 is 0 Å². The molecule has 1 aromatic heterocycles. The molecule has 0 spiro atoms. The number of aryl methyl sites for hydroxylation is 2. The summed E-state index contributed by atoms with van der Waals surface area (Å²) in [7, 11) is 1.90. The Hall–Kier alpha value is -1.05. The minimum Gasteiger partial charge on any atom is -0.373 e. The lowest BCUT2D eigenvalue weighted by molar-refractivity contribution is 0.0783. The van der Waals surface area contributed by atoms with Gasteiger partial charge < -0.3 is 4.74 Å². The number of halogens is 1. The highest BCUT2D eigenvalue weighted by Gasteiger charge is 2.53. The SMILES string of the molecule is CCc1nn(C)c(CC2(C#N)CC3CCC2O3)c1Cl. The maximum Gasteiger partial charge on any atom is 0.0915 e. The summed E-state index contributed by atoms with van der Waals surface area (Å²) in [4.78, 5) is 0. The summed E-state index contributed by atoms with van der Waals surface area (Å²) in [6, 6.07) is 2.51. The van der Waals surface area contributed by atoms with Crippen molar-refractivity contribution in [2.45, 2.75) is 51.2 Å². The molecule has 1 aromatic rings. The first kappa shape index (κ1) is 13.0. The van der Waals surface area contributed by atoms with Gasteiger partial charge in [-0.05, 0) is 25.7 Å². The maximum atomic E-state index is 9.64. The molecule has 3 atom stereocenters. The molecule has 4 nitrogen and oxygen atoms in total. The summed E-state index contributed by atoms with van der Waals surface area (Å²) >= 11 is 6.40. The quantitative estimate of drug-likeness (QED) is 0.855. The van der Waals surface area contributed by atoms with Crippen molar-refractivity contribution >= 4 is 11.6 Å². The van der Waals surface area contributed by atoms with E-state index in [2.05, 4.69) is 11.2 Å². The van der Waals surface area contributed by atoms with Gasteiger partial charge in [-0.1, -0.05) is 18.5 Å². The molecular formula is C14H18ClN3O. The van der Waals surface area contributed by atoms with E-state index in [0.29, 0.717) is 6.42 Å². The summed E-state index contributed by atoms with van der Waals surface area (Å²) in [6.45, 7) is 2.04. The van der Waals surface area contributed by atoms with Gasteiger partial charge in [-0.25, -0.2) is 0 Å². The van der Waals surface area contributed by atoms with Crippen LogP contribution in [0.15, 0.2) is 0 Å². The zero-order chi connectivity index (χ0) is 13.6. The minimum atomic E-state index is -0.411. The summed E-state index contributed by atoms with van der Waals surface area (Å²) in [5, 5.41) is 14.8. The first-order valence-electron chi connectivity index (χ1n) is 6.86. The van der Waals surface area contributed by atoms with Crippen LogP contribution in [0.3, 0.4) is 0 Å². The van der Waals surface area contributed by atoms with E-state index in [9.17, 15) is 5.26 Å². The van der Waals surface area contributed by atoms with Crippen LogP contribution in [-0.4, -0.2) is 22.0 Å². The van der Waals surface area contributed by atoms with Crippen molar-refractivity contribution in [2.24, 2.45) is 12.5 Å². The van der Waals surface area contributed by atoms with E-state index < -0.39 is 5.41 Å². The summed E-state index contributed by atoms with van der Waals surface area (Å²) in [5.74, 6) is 0. The van der Waals surface area contributed by atoms with Crippen LogP contribution < -0.4 is 0 Å². The van der Waals surface area contributed by atoms with Crippen molar-refractivity contribution in [3.63, 3.8) is 0 Å². The van der Waals surface area contributed by atoms with Gasteiger partial charge in [0.05, 0.1) is 40.1 Å². The van der Waals surface area contributed by atoms with Crippen molar-refractivity contribution in [3.8, 4) is 6.07 Å². The van der Waals surface area contributed by atoms with Crippen LogP contribution in [0.1, 0.15) is 37.6 Å².